The molecule has 0 bridgehead atoms. The third kappa shape index (κ3) is 6.47. The van der Waals surface area contributed by atoms with Gasteiger partial charge in [-0.25, -0.2) is 0 Å². The number of benzene rings is 2. The molecule has 0 radical (unpaired) electrons. The van der Waals surface area contributed by atoms with Crippen LogP contribution in [0, 0.1) is 5.92 Å². The van der Waals surface area contributed by atoms with Gasteiger partial charge in [0.05, 0.1) is 29.2 Å². The summed E-state index contributed by atoms with van der Waals surface area (Å²) in [5, 5.41) is 12.0. The van der Waals surface area contributed by atoms with Crippen LogP contribution >= 0.6 is 0 Å². The second-order valence-electron chi connectivity index (χ2n) is 8.97. The van der Waals surface area contributed by atoms with Crippen LogP contribution in [0.3, 0.4) is 0 Å². The number of hydrogen-bond donors (Lipinski definition) is 4. The van der Waals surface area contributed by atoms with Gasteiger partial charge in [-0.05, 0) is 55.9 Å². The van der Waals surface area contributed by atoms with Crippen molar-refractivity contribution in [1.29, 1.82) is 0 Å². The number of rotatable bonds is 9. The number of amides is 3. The molecule has 7 nitrogen and oxygen atoms in total. The summed E-state index contributed by atoms with van der Waals surface area (Å²) < 4.78 is 0. The summed E-state index contributed by atoms with van der Waals surface area (Å²) in [6.45, 7) is -0.00315. The topological polar surface area (TPSA) is 99.3 Å². The van der Waals surface area contributed by atoms with Gasteiger partial charge in [0.15, 0.2) is 0 Å². The Balaban J connectivity index is 1.33. The van der Waals surface area contributed by atoms with Gasteiger partial charge in [-0.2, -0.15) is 0 Å². The van der Waals surface area contributed by atoms with E-state index >= 15 is 0 Å². The first-order valence-corrected chi connectivity index (χ1v) is 12.1. The molecule has 34 heavy (non-hydrogen) atoms. The number of hydrogen-bond acceptors (Lipinski definition) is 4. The Morgan fingerprint density at radius 2 is 1.47 bits per heavy atom. The van der Waals surface area contributed by atoms with Crippen LogP contribution in [0.15, 0.2) is 60.7 Å². The minimum Gasteiger partial charge on any atom is -0.374 e. The largest absolute Gasteiger partial charge is 0.374 e. The zero-order chi connectivity index (χ0) is 23.8. The molecule has 2 aliphatic carbocycles. The molecule has 4 rings (SSSR count). The molecule has 4 N–H and O–H groups in total. The summed E-state index contributed by atoms with van der Waals surface area (Å²) in [4.78, 5) is 37.8. The van der Waals surface area contributed by atoms with E-state index in [2.05, 4.69) is 33.4 Å². The lowest BCUT2D eigenvalue weighted by atomic mass is 10.0. The average Bonchev–Trinajstić information content (AvgIpc) is 3.53. The molecule has 0 aromatic heterocycles. The maximum atomic E-state index is 12.7. The molecule has 0 saturated heterocycles. The van der Waals surface area contributed by atoms with Crippen LogP contribution in [-0.2, 0) is 9.59 Å². The molecule has 0 spiro atoms. The van der Waals surface area contributed by atoms with E-state index in [-0.39, 0.29) is 36.2 Å². The molecule has 1 atom stereocenters. The highest BCUT2D eigenvalue weighted by Gasteiger charge is 2.20. The molecular formula is C27H32N4O3. The maximum Gasteiger partial charge on any atom is 0.253 e. The first-order valence-electron chi connectivity index (χ1n) is 12.1. The van der Waals surface area contributed by atoms with Crippen LogP contribution in [0.1, 0.15) is 55.3 Å². The summed E-state index contributed by atoms with van der Waals surface area (Å²) in [6, 6.07) is 14.6. The van der Waals surface area contributed by atoms with Gasteiger partial charge in [0.1, 0.15) is 0 Å². The molecule has 2 aromatic rings. The first kappa shape index (κ1) is 23.5. The monoisotopic (exact) mass is 460 g/mol. The predicted octanol–water partition coefficient (Wildman–Crippen LogP) is 4.70. The zero-order valence-corrected chi connectivity index (χ0v) is 19.3. The van der Waals surface area contributed by atoms with Gasteiger partial charge < -0.3 is 21.3 Å². The fourth-order valence-corrected chi connectivity index (χ4v) is 4.54. The minimum atomic E-state index is -0.279. The molecule has 1 unspecified atom stereocenters. The molecule has 1 saturated carbocycles. The third-order valence-electron chi connectivity index (χ3n) is 6.34. The molecule has 7 heteroatoms. The molecule has 0 heterocycles. The van der Waals surface area contributed by atoms with Crippen LogP contribution < -0.4 is 21.3 Å². The summed E-state index contributed by atoms with van der Waals surface area (Å²) in [5.74, 6) is -0.200. The van der Waals surface area contributed by atoms with Gasteiger partial charge >= 0.3 is 0 Å². The van der Waals surface area contributed by atoms with E-state index in [9.17, 15) is 14.4 Å². The van der Waals surface area contributed by atoms with Crippen molar-refractivity contribution in [3.63, 3.8) is 0 Å². The summed E-state index contributed by atoms with van der Waals surface area (Å²) >= 11 is 0. The molecule has 2 aliphatic rings. The molecule has 0 aliphatic heterocycles. The van der Waals surface area contributed by atoms with Gasteiger partial charge in [-0.1, -0.05) is 49.3 Å². The van der Waals surface area contributed by atoms with Crippen LogP contribution in [0.25, 0.3) is 0 Å². The van der Waals surface area contributed by atoms with E-state index in [1.165, 1.54) is 0 Å². The van der Waals surface area contributed by atoms with Crippen LogP contribution in [0.2, 0.25) is 0 Å². The van der Waals surface area contributed by atoms with E-state index in [0.29, 0.717) is 29.0 Å². The van der Waals surface area contributed by atoms with Gasteiger partial charge in [0, 0.05) is 12.5 Å². The van der Waals surface area contributed by atoms with E-state index in [1.807, 2.05) is 24.3 Å². The Morgan fingerprint density at radius 1 is 0.794 bits per heavy atom. The second-order valence-corrected chi connectivity index (χ2v) is 8.97. The van der Waals surface area contributed by atoms with E-state index in [0.717, 1.165) is 38.5 Å². The molecule has 178 valence electrons. The summed E-state index contributed by atoms with van der Waals surface area (Å²) in [6.07, 6.45) is 11.0. The van der Waals surface area contributed by atoms with Crippen molar-refractivity contribution in [1.82, 2.24) is 5.32 Å². The first-order chi connectivity index (χ1) is 16.6. The Bertz CT molecular complexity index is 1060. The number of carbonyl (C=O) groups is 3. The molecule has 1 fully saturated rings. The number of allylic oxidation sites excluding steroid dienone is 2. The quantitative estimate of drug-likeness (QED) is 0.408. The number of nitrogens with one attached hydrogen (secondary N) is 4. The van der Waals surface area contributed by atoms with Crippen LogP contribution in [0.4, 0.5) is 17.1 Å². The van der Waals surface area contributed by atoms with Crippen molar-refractivity contribution in [2.45, 2.75) is 51.0 Å². The fourth-order valence-electron chi connectivity index (χ4n) is 4.54. The Labute approximate surface area is 200 Å². The van der Waals surface area contributed by atoms with Crippen LogP contribution in [-0.4, -0.2) is 30.3 Å². The normalized spacial score (nSPS) is 17.4. The van der Waals surface area contributed by atoms with E-state index < -0.39 is 0 Å². The lowest BCUT2D eigenvalue weighted by molar-refractivity contribution is -0.117. The number of para-hydroxylation sites is 3. The molecule has 2 aromatic carbocycles. The van der Waals surface area contributed by atoms with Gasteiger partial charge in [-0.3, -0.25) is 14.4 Å². The minimum absolute atomic E-state index is 0.00315. The maximum absolute atomic E-state index is 12.7. The lowest BCUT2D eigenvalue weighted by Gasteiger charge is -2.16. The highest BCUT2D eigenvalue weighted by Crippen LogP contribution is 2.25. The van der Waals surface area contributed by atoms with Crippen molar-refractivity contribution in [3.05, 3.63) is 66.2 Å². The highest BCUT2D eigenvalue weighted by molar-refractivity contribution is 6.04. The standard InChI is InChI=1S/C27H32N4O3/c32-25(17-19-9-1-2-10-19)31-24-16-8-7-15-23(24)28-18-26(33)30-22-14-6-5-13-21(22)27(34)29-20-11-3-4-12-20/h1,5-9,13-16,19-20,28H,2-4,10-12,17-18H2,(H,29,34)(H,30,33)(H,31,32). The van der Waals surface area contributed by atoms with Gasteiger partial charge in [0.25, 0.3) is 5.91 Å². The van der Waals surface area contributed by atoms with Crippen molar-refractivity contribution < 1.29 is 14.4 Å². The fraction of sp³-hybridized carbons (Fsp3) is 0.370. The van der Waals surface area contributed by atoms with Gasteiger partial charge in [-0.15, -0.1) is 0 Å². The zero-order valence-electron chi connectivity index (χ0n) is 19.3. The molecular weight excluding hydrogens is 428 g/mol. The average molecular weight is 461 g/mol. The lowest BCUT2D eigenvalue weighted by Crippen LogP contribution is -2.33. The van der Waals surface area contributed by atoms with Crippen LogP contribution in [0.5, 0.6) is 0 Å². The Hall–Kier alpha value is -3.61. The van der Waals surface area contributed by atoms with Crippen molar-refractivity contribution in [3.8, 4) is 0 Å². The second kappa shape index (κ2) is 11.5. The summed E-state index contributed by atoms with van der Waals surface area (Å²) in [7, 11) is 0. The highest BCUT2D eigenvalue weighted by atomic mass is 16.2. The van der Waals surface area contributed by atoms with Crippen molar-refractivity contribution in [2.24, 2.45) is 5.92 Å². The SMILES string of the molecule is O=C(CC1C=CCC1)Nc1ccccc1NCC(=O)Nc1ccccc1C(=O)NC1CCCC1. The van der Waals surface area contributed by atoms with E-state index in [1.54, 1.807) is 24.3 Å². The van der Waals surface area contributed by atoms with Gasteiger partial charge in [0.2, 0.25) is 11.8 Å². The number of anilines is 3. The predicted molar refractivity (Wildman–Crippen MR) is 135 cm³/mol. The number of carbonyl (C=O) groups excluding carboxylic acids is 3. The summed E-state index contributed by atoms with van der Waals surface area (Å²) in [5.41, 5.74) is 2.24. The molecule has 3 amide bonds. The van der Waals surface area contributed by atoms with E-state index in [4.69, 9.17) is 0 Å². The smallest absolute Gasteiger partial charge is 0.253 e. The Morgan fingerprint density at radius 3 is 2.21 bits per heavy atom. The van der Waals surface area contributed by atoms with Crippen molar-refractivity contribution in [2.75, 3.05) is 22.5 Å². The third-order valence-corrected chi connectivity index (χ3v) is 6.34. The van der Waals surface area contributed by atoms with Crippen molar-refractivity contribution >= 4 is 34.8 Å². The Kier molecular flexibility index (Phi) is 7.96.